The Hall–Kier alpha value is -2.84. The van der Waals surface area contributed by atoms with Crippen molar-refractivity contribution in [1.29, 1.82) is 0 Å². The van der Waals surface area contributed by atoms with Crippen LogP contribution in [0, 0.1) is 6.92 Å². The zero-order valence-corrected chi connectivity index (χ0v) is 15.4. The van der Waals surface area contributed by atoms with Crippen molar-refractivity contribution in [3.63, 3.8) is 0 Å². The molecular weight excluding hydrogens is 361 g/mol. The topological polar surface area (TPSA) is 76.0 Å². The van der Waals surface area contributed by atoms with Crippen molar-refractivity contribution >= 4 is 11.8 Å². The summed E-state index contributed by atoms with van der Waals surface area (Å²) in [6.07, 6.45) is -3.96. The molecule has 0 atom stereocenters. The van der Waals surface area contributed by atoms with Crippen LogP contribution in [0.1, 0.15) is 42.4 Å². The predicted molar refractivity (Wildman–Crippen MR) is 93.5 cm³/mol. The van der Waals surface area contributed by atoms with Crippen molar-refractivity contribution in [3.8, 4) is 5.69 Å². The summed E-state index contributed by atoms with van der Waals surface area (Å²) in [6, 6.07) is 6.26. The van der Waals surface area contributed by atoms with Gasteiger partial charge in [-0.05, 0) is 39.8 Å². The summed E-state index contributed by atoms with van der Waals surface area (Å²) in [4.78, 5) is 24.0. The lowest BCUT2D eigenvalue weighted by Crippen LogP contribution is -2.46. The lowest BCUT2D eigenvalue weighted by molar-refractivity contribution is -0.143. The molecule has 6 nitrogen and oxygen atoms in total. The number of nitrogens with one attached hydrogen (secondary N) is 2. The second-order valence-corrected chi connectivity index (χ2v) is 7.13. The second kappa shape index (κ2) is 7.42. The molecule has 0 saturated heterocycles. The molecule has 2 aromatic rings. The first-order valence-corrected chi connectivity index (χ1v) is 8.20. The maximum Gasteiger partial charge on any atom is 0.434 e. The van der Waals surface area contributed by atoms with Crippen LogP contribution in [0.25, 0.3) is 5.69 Å². The first-order chi connectivity index (χ1) is 12.4. The summed E-state index contributed by atoms with van der Waals surface area (Å²) in [5.74, 6) is -1.53. The van der Waals surface area contributed by atoms with Crippen molar-refractivity contribution in [2.45, 2.75) is 39.4 Å². The van der Waals surface area contributed by atoms with Crippen molar-refractivity contribution in [3.05, 3.63) is 47.3 Å². The fraction of sp³-hybridized carbons (Fsp3) is 0.389. The van der Waals surface area contributed by atoms with Crippen molar-refractivity contribution in [1.82, 2.24) is 20.4 Å². The number of aromatic nitrogens is 2. The maximum absolute atomic E-state index is 13.6. The third-order valence-corrected chi connectivity index (χ3v) is 3.48. The Balaban J connectivity index is 2.28. The van der Waals surface area contributed by atoms with Gasteiger partial charge in [0.15, 0.2) is 5.69 Å². The first-order valence-electron chi connectivity index (χ1n) is 8.20. The number of hydrogen-bond donors (Lipinski definition) is 2. The molecule has 2 amide bonds. The number of hydrogen-bond acceptors (Lipinski definition) is 3. The minimum absolute atomic E-state index is 0.178. The van der Waals surface area contributed by atoms with Gasteiger partial charge in [-0.2, -0.15) is 18.3 Å². The van der Waals surface area contributed by atoms with Crippen LogP contribution in [0.5, 0.6) is 0 Å². The number of rotatable bonds is 4. The van der Waals surface area contributed by atoms with E-state index < -0.39 is 41.3 Å². The molecule has 1 aromatic carbocycles. The molecule has 1 aromatic heterocycles. The number of carbonyl (C=O) groups is 2. The van der Waals surface area contributed by atoms with Crippen LogP contribution in [-0.2, 0) is 11.0 Å². The summed E-state index contributed by atoms with van der Waals surface area (Å²) < 4.78 is 41.4. The van der Waals surface area contributed by atoms with E-state index in [9.17, 15) is 22.8 Å². The minimum Gasteiger partial charge on any atom is -0.350 e. The molecule has 0 aliphatic carbocycles. The van der Waals surface area contributed by atoms with Crippen molar-refractivity contribution in [2.24, 2.45) is 0 Å². The van der Waals surface area contributed by atoms with Gasteiger partial charge < -0.3 is 10.6 Å². The van der Waals surface area contributed by atoms with Crippen LogP contribution in [0.3, 0.4) is 0 Å². The van der Waals surface area contributed by atoms with E-state index in [1.165, 1.54) is 12.1 Å². The standard InChI is InChI=1S/C18H21F3N4O2/c1-11-5-7-12(8-6-11)25-15(18(19,20)21)13(9-23-25)16(27)22-10-14(26)24-17(2,3)4/h5-9H,10H2,1-4H3,(H,22,27)(H,24,26). The molecule has 27 heavy (non-hydrogen) atoms. The maximum atomic E-state index is 13.6. The lowest BCUT2D eigenvalue weighted by atomic mass is 10.1. The number of carbonyl (C=O) groups excluding carboxylic acids is 2. The fourth-order valence-corrected chi connectivity index (χ4v) is 2.39. The van der Waals surface area contributed by atoms with Gasteiger partial charge in [0.2, 0.25) is 5.91 Å². The van der Waals surface area contributed by atoms with E-state index in [0.717, 1.165) is 11.8 Å². The van der Waals surface area contributed by atoms with Crippen LogP contribution >= 0.6 is 0 Å². The molecule has 0 aliphatic heterocycles. The van der Waals surface area contributed by atoms with E-state index in [2.05, 4.69) is 15.7 Å². The average Bonchev–Trinajstić information content (AvgIpc) is 2.97. The first kappa shape index (κ1) is 20.5. The summed E-state index contributed by atoms with van der Waals surface area (Å²) >= 11 is 0. The SMILES string of the molecule is Cc1ccc(-n2ncc(C(=O)NCC(=O)NC(C)(C)C)c2C(F)(F)F)cc1. The van der Waals surface area contributed by atoms with Gasteiger partial charge in [-0.15, -0.1) is 0 Å². The van der Waals surface area contributed by atoms with Gasteiger partial charge in [-0.25, -0.2) is 4.68 Å². The monoisotopic (exact) mass is 382 g/mol. The van der Waals surface area contributed by atoms with Crippen LogP contribution in [0.15, 0.2) is 30.5 Å². The number of amides is 2. The van der Waals surface area contributed by atoms with Crippen LogP contribution in [-0.4, -0.2) is 33.7 Å². The largest absolute Gasteiger partial charge is 0.434 e. The second-order valence-electron chi connectivity index (χ2n) is 7.13. The molecule has 146 valence electrons. The number of alkyl halides is 3. The van der Waals surface area contributed by atoms with Crippen LogP contribution < -0.4 is 10.6 Å². The zero-order chi connectivity index (χ0) is 20.4. The lowest BCUT2D eigenvalue weighted by Gasteiger charge is -2.20. The molecule has 2 N–H and O–H groups in total. The molecule has 0 saturated carbocycles. The molecule has 0 fully saturated rings. The number of aryl methyl sites for hydroxylation is 1. The Morgan fingerprint density at radius 1 is 1.11 bits per heavy atom. The third kappa shape index (κ3) is 5.32. The third-order valence-electron chi connectivity index (χ3n) is 3.48. The Bertz CT molecular complexity index is 834. The molecule has 0 spiro atoms. The highest BCUT2D eigenvalue weighted by Crippen LogP contribution is 2.33. The van der Waals surface area contributed by atoms with Gasteiger partial charge in [0, 0.05) is 5.54 Å². The van der Waals surface area contributed by atoms with Gasteiger partial charge in [-0.3, -0.25) is 9.59 Å². The quantitative estimate of drug-likeness (QED) is 0.854. The highest BCUT2D eigenvalue weighted by molar-refractivity contribution is 5.97. The predicted octanol–water partition coefficient (Wildman–Crippen LogP) is 2.84. The van der Waals surface area contributed by atoms with Gasteiger partial charge in [-0.1, -0.05) is 17.7 Å². The summed E-state index contributed by atoms with van der Waals surface area (Å²) in [7, 11) is 0. The average molecular weight is 382 g/mol. The van der Waals surface area contributed by atoms with E-state index >= 15 is 0 Å². The normalized spacial score (nSPS) is 12.0. The van der Waals surface area contributed by atoms with Gasteiger partial charge in [0.25, 0.3) is 5.91 Å². The smallest absolute Gasteiger partial charge is 0.350 e. The molecule has 0 bridgehead atoms. The Labute approximate surface area is 154 Å². The van der Waals surface area contributed by atoms with Crippen LogP contribution in [0.2, 0.25) is 0 Å². The van der Waals surface area contributed by atoms with Crippen LogP contribution in [0.4, 0.5) is 13.2 Å². The Morgan fingerprint density at radius 3 is 2.22 bits per heavy atom. The van der Waals surface area contributed by atoms with E-state index in [-0.39, 0.29) is 5.69 Å². The van der Waals surface area contributed by atoms with E-state index in [4.69, 9.17) is 0 Å². The molecule has 0 radical (unpaired) electrons. The fourth-order valence-electron chi connectivity index (χ4n) is 2.39. The summed E-state index contributed by atoms with van der Waals surface area (Å²) in [6.45, 7) is 6.61. The van der Waals surface area contributed by atoms with Gasteiger partial charge >= 0.3 is 6.18 Å². The Morgan fingerprint density at radius 2 is 1.70 bits per heavy atom. The highest BCUT2D eigenvalue weighted by atomic mass is 19.4. The molecule has 9 heteroatoms. The summed E-state index contributed by atoms with van der Waals surface area (Å²) in [5, 5.41) is 8.54. The van der Waals surface area contributed by atoms with Gasteiger partial charge in [0.05, 0.1) is 24.0 Å². The van der Waals surface area contributed by atoms with E-state index in [1.807, 2.05) is 0 Å². The minimum atomic E-state index is -4.80. The highest BCUT2D eigenvalue weighted by Gasteiger charge is 2.40. The van der Waals surface area contributed by atoms with Crippen molar-refractivity contribution in [2.75, 3.05) is 6.54 Å². The van der Waals surface area contributed by atoms with Crippen molar-refractivity contribution < 1.29 is 22.8 Å². The number of halogens is 3. The molecular formula is C18H21F3N4O2. The molecule has 2 rings (SSSR count). The summed E-state index contributed by atoms with van der Waals surface area (Å²) in [5.41, 5.74) is -1.30. The number of benzene rings is 1. The molecule has 1 heterocycles. The van der Waals surface area contributed by atoms with Gasteiger partial charge in [0.1, 0.15) is 0 Å². The Kier molecular flexibility index (Phi) is 5.62. The molecule has 0 aliphatic rings. The van der Waals surface area contributed by atoms with E-state index in [1.54, 1.807) is 39.8 Å². The number of nitrogens with zero attached hydrogens (tertiary/aromatic N) is 2. The van der Waals surface area contributed by atoms with E-state index in [0.29, 0.717) is 4.68 Å². The zero-order valence-electron chi connectivity index (χ0n) is 15.4. The molecule has 0 unspecified atom stereocenters.